The molecule has 1 aliphatic rings. The van der Waals surface area contributed by atoms with E-state index in [0.29, 0.717) is 24.6 Å². The van der Waals surface area contributed by atoms with Gasteiger partial charge in [0.2, 0.25) is 0 Å². The van der Waals surface area contributed by atoms with Crippen LogP contribution < -0.4 is 0 Å². The van der Waals surface area contributed by atoms with Crippen LogP contribution in [0.3, 0.4) is 0 Å². The number of aromatic hydroxyl groups is 2. The van der Waals surface area contributed by atoms with Crippen LogP contribution in [0.2, 0.25) is 0 Å². The Kier molecular flexibility index (Phi) is 4.17. The van der Waals surface area contributed by atoms with Gasteiger partial charge in [-0.15, -0.1) is 11.6 Å². The van der Waals surface area contributed by atoms with Crippen molar-refractivity contribution >= 4 is 17.5 Å². The van der Waals surface area contributed by atoms with Crippen LogP contribution in [-0.4, -0.2) is 52.2 Å². The number of carbonyl (C=O) groups is 1. The van der Waals surface area contributed by atoms with E-state index in [1.807, 2.05) is 6.92 Å². The molecule has 1 amide bonds. The quantitative estimate of drug-likeness (QED) is 0.639. The van der Waals surface area contributed by atoms with E-state index < -0.39 is 0 Å². The van der Waals surface area contributed by atoms with Crippen LogP contribution in [0.5, 0.6) is 11.5 Å². The van der Waals surface area contributed by atoms with Crippen LogP contribution in [0.25, 0.3) is 0 Å². The summed E-state index contributed by atoms with van der Waals surface area (Å²) in [6.07, 6.45) is -0.174. The van der Waals surface area contributed by atoms with E-state index in [-0.39, 0.29) is 29.6 Å². The number of amides is 1. The highest BCUT2D eigenvalue weighted by molar-refractivity contribution is 6.18. The van der Waals surface area contributed by atoms with Gasteiger partial charge < -0.3 is 19.8 Å². The minimum absolute atomic E-state index is 0.0529. The Bertz CT molecular complexity index is 480. The summed E-state index contributed by atoms with van der Waals surface area (Å²) in [7, 11) is 0. The molecule has 19 heavy (non-hydrogen) atoms. The molecule has 2 unspecified atom stereocenters. The second-order valence-corrected chi connectivity index (χ2v) is 4.93. The van der Waals surface area contributed by atoms with Gasteiger partial charge in [-0.2, -0.15) is 0 Å². The summed E-state index contributed by atoms with van der Waals surface area (Å²) in [6.45, 7) is 2.75. The summed E-state index contributed by atoms with van der Waals surface area (Å²) in [6, 6.07) is 3.99. The smallest absolute Gasteiger partial charge is 0.254 e. The molecule has 0 bridgehead atoms. The van der Waals surface area contributed by atoms with Crippen LogP contribution in [0.4, 0.5) is 0 Å². The highest BCUT2D eigenvalue weighted by Gasteiger charge is 2.30. The number of hydrogen-bond donors (Lipinski definition) is 2. The number of alkyl halides is 1. The molecule has 5 nitrogen and oxygen atoms in total. The molecule has 1 aliphatic heterocycles. The lowest BCUT2D eigenvalue weighted by Gasteiger charge is -2.37. The largest absolute Gasteiger partial charge is 0.504 e. The van der Waals surface area contributed by atoms with Crippen molar-refractivity contribution in [1.82, 2.24) is 4.90 Å². The van der Waals surface area contributed by atoms with Crippen molar-refractivity contribution in [2.75, 3.05) is 19.0 Å². The Balaban J connectivity index is 2.19. The second-order valence-electron chi connectivity index (χ2n) is 4.62. The first kappa shape index (κ1) is 14.0. The Morgan fingerprint density at radius 3 is 2.84 bits per heavy atom. The highest BCUT2D eigenvalue weighted by atomic mass is 35.5. The maximum atomic E-state index is 12.4. The third-order valence-electron chi connectivity index (χ3n) is 3.16. The van der Waals surface area contributed by atoms with Crippen LogP contribution in [0.15, 0.2) is 18.2 Å². The fourth-order valence-electron chi connectivity index (χ4n) is 2.02. The average Bonchev–Trinajstić information content (AvgIpc) is 2.41. The lowest BCUT2D eigenvalue weighted by molar-refractivity contribution is -0.0371. The summed E-state index contributed by atoms with van der Waals surface area (Å²) in [5.41, 5.74) is 0.331. The lowest BCUT2D eigenvalue weighted by Crippen LogP contribution is -2.51. The summed E-state index contributed by atoms with van der Waals surface area (Å²) in [5, 5.41) is 18.7. The Labute approximate surface area is 116 Å². The number of carbonyl (C=O) groups excluding carboxylic acids is 1. The Hall–Kier alpha value is -1.46. The van der Waals surface area contributed by atoms with Crippen molar-refractivity contribution < 1.29 is 19.7 Å². The molecule has 1 saturated heterocycles. The van der Waals surface area contributed by atoms with Crippen molar-refractivity contribution in [2.45, 2.75) is 19.1 Å². The van der Waals surface area contributed by atoms with Gasteiger partial charge in [0.05, 0.1) is 24.6 Å². The predicted octanol–water partition coefficient (Wildman–Crippen LogP) is 1.57. The number of rotatable bonds is 2. The van der Waals surface area contributed by atoms with Crippen LogP contribution in [-0.2, 0) is 4.74 Å². The van der Waals surface area contributed by atoms with E-state index >= 15 is 0 Å². The number of ether oxygens (including phenoxy) is 1. The maximum Gasteiger partial charge on any atom is 0.254 e. The summed E-state index contributed by atoms with van der Waals surface area (Å²) in [4.78, 5) is 14.0. The molecule has 0 aliphatic carbocycles. The zero-order chi connectivity index (χ0) is 14.0. The molecule has 1 aromatic carbocycles. The fourth-order valence-corrected chi connectivity index (χ4v) is 2.20. The number of phenols is 2. The van der Waals surface area contributed by atoms with Gasteiger partial charge in [0.1, 0.15) is 0 Å². The molecular formula is C13H16ClNO4. The SMILES string of the molecule is CC1COC(CCl)CN1C(=O)c1ccc(O)c(O)c1. The van der Waals surface area contributed by atoms with E-state index in [9.17, 15) is 15.0 Å². The molecular weight excluding hydrogens is 270 g/mol. The van der Waals surface area contributed by atoms with E-state index in [1.54, 1.807) is 4.90 Å². The Morgan fingerprint density at radius 1 is 1.47 bits per heavy atom. The van der Waals surface area contributed by atoms with E-state index in [4.69, 9.17) is 16.3 Å². The third kappa shape index (κ3) is 2.93. The summed E-state index contributed by atoms with van der Waals surface area (Å²) >= 11 is 5.75. The van der Waals surface area contributed by atoms with E-state index in [0.717, 1.165) is 0 Å². The molecule has 1 fully saturated rings. The molecule has 1 heterocycles. The van der Waals surface area contributed by atoms with Gasteiger partial charge in [-0.1, -0.05) is 0 Å². The highest BCUT2D eigenvalue weighted by Crippen LogP contribution is 2.26. The number of nitrogens with zero attached hydrogens (tertiary/aromatic N) is 1. The predicted molar refractivity (Wildman–Crippen MR) is 70.7 cm³/mol. The number of halogens is 1. The zero-order valence-corrected chi connectivity index (χ0v) is 11.3. The normalized spacial score (nSPS) is 23.4. The van der Waals surface area contributed by atoms with Gasteiger partial charge >= 0.3 is 0 Å². The summed E-state index contributed by atoms with van der Waals surface area (Å²) < 4.78 is 5.48. The van der Waals surface area contributed by atoms with E-state index in [1.165, 1.54) is 18.2 Å². The number of hydrogen-bond acceptors (Lipinski definition) is 4. The molecule has 2 rings (SSSR count). The van der Waals surface area contributed by atoms with Gasteiger partial charge in [-0.3, -0.25) is 4.79 Å². The van der Waals surface area contributed by atoms with Crippen LogP contribution >= 0.6 is 11.6 Å². The number of benzene rings is 1. The van der Waals surface area contributed by atoms with Gasteiger partial charge in [0, 0.05) is 12.1 Å². The maximum absolute atomic E-state index is 12.4. The van der Waals surface area contributed by atoms with Gasteiger partial charge in [0.25, 0.3) is 5.91 Å². The first-order valence-electron chi connectivity index (χ1n) is 6.03. The van der Waals surface area contributed by atoms with Gasteiger partial charge in [-0.25, -0.2) is 0 Å². The molecule has 2 N–H and O–H groups in total. The molecule has 0 radical (unpaired) electrons. The fraction of sp³-hybridized carbons (Fsp3) is 0.462. The number of phenolic OH excluding ortho intramolecular Hbond substituents is 2. The average molecular weight is 286 g/mol. The van der Waals surface area contributed by atoms with Gasteiger partial charge in [0.15, 0.2) is 11.5 Å². The third-order valence-corrected chi connectivity index (χ3v) is 3.51. The minimum Gasteiger partial charge on any atom is -0.504 e. The molecule has 0 spiro atoms. The minimum atomic E-state index is -0.305. The zero-order valence-electron chi connectivity index (χ0n) is 10.5. The lowest BCUT2D eigenvalue weighted by atomic mass is 10.1. The van der Waals surface area contributed by atoms with Crippen molar-refractivity contribution in [2.24, 2.45) is 0 Å². The monoisotopic (exact) mass is 285 g/mol. The second kappa shape index (κ2) is 5.67. The first-order valence-corrected chi connectivity index (χ1v) is 6.57. The molecule has 104 valence electrons. The van der Waals surface area contributed by atoms with Crippen molar-refractivity contribution in [3.63, 3.8) is 0 Å². The van der Waals surface area contributed by atoms with Crippen molar-refractivity contribution in [3.05, 3.63) is 23.8 Å². The summed E-state index contributed by atoms with van der Waals surface area (Å²) in [5.74, 6) is -0.427. The molecule has 6 heteroatoms. The van der Waals surface area contributed by atoms with E-state index in [2.05, 4.69) is 0 Å². The van der Waals surface area contributed by atoms with Crippen molar-refractivity contribution in [3.8, 4) is 11.5 Å². The standard InChI is InChI=1S/C13H16ClNO4/c1-8-7-19-10(5-14)6-15(8)13(18)9-2-3-11(16)12(17)4-9/h2-4,8,10,16-17H,5-7H2,1H3. The Morgan fingerprint density at radius 2 is 2.21 bits per heavy atom. The van der Waals surface area contributed by atoms with Gasteiger partial charge in [-0.05, 0) is 25.1 Å². The first-order chi connectivity index (χ1) is 9.02. The van der Waals surface area contributed by atoms with Crippen LogP contribution in [0, 0.1) is 0 Å². The number of morpholine rings is 1. The topological polar surface area (TPSA) is 70.0 Å². The van der Waals surface area contributed by atoms with Crippen LogP contribution in [0.1, 0.15) is 17.3 Å². The molecule has 1 aromatic rings. The molecule has 0 aromatic heterocycles. The molecule has 2 atom stereocenters. The van der Waals surface area contributed by atoms with Crippen molar-refractivity contribution in [1.29, 1.82) is 0 Å². The molecule has 0 saturated carbocycles.